The maximum Gasteiger partial charge on any atom is 0.251 e. The van der Waals surface area contributed by atoms with Crippen LogP contribution in [0.5, 0.6) is 5.75 Å². The number of piperidine rings is 1. The lowest BCUT2D eigenvalue weighted by Gasteiger charge is -2.32. The van der Waals surface area contributed by atoms with Crippen LogP contribution in [0, 0.1) is 5.92 Å². The second-order valence-electron chi connectivity index (χ2n) is 8.25. The Kier molecular flexibility index (Phi) is 6.02. The molecule has 1 aliphatic carbocycles. The van der Waals surface area contributed by atoms with Crippen LogP contribution in [0.4, 0.5) is 0 Å². The van der Waals surface area contributed by atoms with E-state index in [0.29, 0.717) is 24.4 Å². The molecule has 0 aromatic heterocycles. The number of hydrogen-bond donors (Lipinski definition) is 2. The zero-order valence-corrected chi connectivity index (χ0v) is 16.7. The van der Waals surface area contributed by atoms with Crippen molar-refractivity contribution in [2.75, 3.05) is 19.6 Å². The summed E-state index contributed by atoms with van der Waals surface area (Å²) >= 11 is 0. The Morgan fingerprint density at radius 2 is 1.72 bits per heavy atom. The third kappa shape index (κ3) is 5.08. The average Bonchev–Trinajstić information content (AvgIpc) is 3.59. The topological polar surface area (TPSA) is 87.7 Å². The van der Waals surface area contributed by atoms with E-state index in [0.717, 1.165) is 57.4 Å². The predicted octanol–water partition coefficient (Wildman–Crippen LogP) is 1.86. The van der Waals surface area contributed by atoms with Gasteiger partial charge in [0.2, 0.25) is 11.8 Å². The SMILES string of the molecule is O=C(N[C@H]1CCCCNC1=O)c1ccc(OC2CCN(C(=O)C3CC3)CC2)cc1. The number of rotatable bonds is 5. The van der Waals surface area contributed by atoms with E-state index in [-0.39, 0.29) is 23.8 Å². The summed E-state index contributed by atoms with van der Waals surface area (Å²) in [4.78, 5) is 38.6. The highest BCUT2D eigenvalue weighted by molar-refractivity contribution is 5.97. The van der Waals surface area contributed by atoms with Gasteiger partial charge in [0.25, 0.3) is 5.91 Å². The largest absolute Gasteiger partial charge is 0.490 e. The molecule has 156 valence electrons. The first-order valence-corrected chi connectivity index (χ1v) is 10.7. The second kappa shape index (κ2) is 8.84. The molecule has 1 saturated carbocycles. The van der Waals surface area contributed by atoms with Crippen LogP contribution in [0.1, 0.15) is 55.3 Å². The lowest BCUT2D eigenvalue weighted by molar-refractivity contribution is -0.134. The Labute approximate surface area is 171 Å². The molecule has 3 aliphatic rings. The Morgan fingerprint density at radius 1 is 1.00 bits per heavy atom. The van der Waals surface area contributed by atoms with E-state index in [2.05, 4.69) is 10.6 Å². The molecule has 7 nitrogen and oxygen atoms in total. The van der Waals surface area contributed by atoms with Crippen molar-refractivity contribution in [3.63, 3.8) is 0 Å². The maximum atomic E-state index is 12.5. The fourth-order valence-corrected chi connectivity index (χ4v) is 3.98. The van der Waals surface area contributed by atoms with Gasteiger partial charge < -0.3 is 20.3 Å². The van der Waals surface area contributed by atoms with Gasteiger partial charge in [-0.05, 0) is 56.4 Å². The van der Waals surface area contributed by atoms with Gasteiger partial charge in [0.1, 0.15) is 17.9 Å². The van der Waals surface area contributed by atoms with E-state index in [1.165, 1.54) is 0 Å². The Morgan fingerprint density at radius 3 is 2.41 bits per heavy atom. The summed E-state index contributed by atoms with van der Waals surface area (Å²) in [5, 5.41) is 5.65. The van der Waals surface area contributed by atoms with Crippen molar-refractivity contribution in [3.8, 4) is 5.75 Å². The molecule has 0 spiro atoms. The quantitative estimate of drug-likeness (QED) is 0.791. The first-order chi connectivity index (χ1) is 14.1. The van der Waals surface area contributed by atoms with Crippen molar-refractivity contribution < 1.29 is 19.1 Å². The van der Waals surface area contributed by atoms with E-state index in [9.17, 15) is 14.4 Å². The fraction of sp³-hybridized carbons (Fsp3) is 0.591. The van der Waals surface area contributed by atoms with Gasteiger partial charge >= 0.3 is 0 Å². The minimum atomic E-state index is -0.468. The number of nitrogens with zero attached hydrogens (tertiary/aromatic N) is 1. The van der Waals surface area contributed by atoms with Gasteiger partial charge in [0.15, 0.2) is 0 Å². The number of benzene rings is 1. The standard InChI is InChI=1S/C22H29N3O4/c26-20(24-19-3-1-2-12-23-21(19)27)15-6-8-17(9-7-15)29-18-10-13-25(14-11-18)22(28)16-4-5-16/h6-9,16,18-19H,1-5,10-14H2,(H,23,27)(H,24,26)/t19-/m0/s1. The van der Waals surface area contributed by atoms with E-state index in [1.54, 1.807) is 24.3 Å². The van der Waals surface area contributed by atoms with Crippen molar-refractivity contribution in [2.45, 2.75) is 57.1 Å². The minimum Gasteiger partial charge on any atom is -0.490 e. The third-order valence-electron chi connectivity index (χ3n) is 5.94. The lowest BCUT2D eigenvalue weighted by atomic mass is 10.1. The molecule has 1 aromatic rings. The molecule has 2 N–H and O–H groups in total. The minimum absolute atomic E-state index is 0.0904. The smallest absolute Gasteiger partial charge is 0.251 e. The summed E-state index contributed by atoms with van der Waals surface area (Å²) in [6, 6.07) is 6.58. The Balaban J connectivity index is 1.26. The molecule has 0 bridgehead atoms. The summed E-state index contributed by atoms with van der Waals surface area (Å²) < 4.78 is 6.04. The molecule has 0 radical (unpaired) electrons. The van der Waals surface area contributed by atoms with E-state index in [4.69, 9.17) is 4.74 Å². The molecule has 2 aliphatic heterocycles. The van der Waals surface area contributed by atoms with Crippen LogP contribution in [0.3, 0.4) is 0 Å². The molecule has 0 unspecified atom stereocenters. The number of hydrogen-bond acceptors (Lipinski definition) is 4. The van der Waals surface area contributed by atoms with E-state index in [1.807, 2.05) is 4.90 Å². The van der Waals surface area contributed by atoms with Crippen LogP contribution in [-0.2, 0) is 9.59 Å². The second-order valence-corrected chi connectivity index (χ2v) is 8.25. The monoisotopic (exact) mass is 399 g/mol. The third-order valence-corrected chi connectivity index (χ3v) is 5.94. The Hall–Kier alpha value is -2.57. The summed E-state index contributed by atoms with van der Waals surface area (Å²) in [6.45, 7) is 2.18. The van der Waals surface area contributed by atoms with Crippen molar-refractivity contribution in [1.82, 2.24) is 15.5 Å². The van der Waals surface area contributed by atoms with E-state index >= 15 is 0 Å². The van der Waals surface area contributed by atoms with Crippen molar-refractivity contribution in [2.24, 2.45) is 5.92 Å². The summed E-state index contributed by atoms with van der Waals surface area (Å²) in [7, 11) is 0. The summed E-state index contributed by atoms with van der Waals surface area (Å²) in [5.41, 5.74) is 0.513. The molecule has 1 atom stereocenters. The van der Waals surface area contributed by atoms with Crippen LogP contribution in [0.2, 0.25) is 0 Å². The molecule has 1 aromatic carbocycles. The normalized spacial score (nSPS) is 23.1. The van der Waals surface area contributed by atoms with Gasteiger partial charge in [0.05, 0.1) is 0 Å². The highest BCUT2D eigenvalue weighted by Gasteiger charge is 2.35. The number of carbonyl (C=O) groups is 3. The molecule has 3 amide bonds. The van der Waals surface area contributed by atoms with Crippen molar-refractivity contribution in [1.29, 1.82) is 0 Å². The van der Waals surface area contributed by atoms with Gasteiger partial charge in [-0.2, -0.15) is 0 Å². The summed E-state index contributed by atoms with van der Waals surface area (Å²) in [5.74, 6) is 0.949. The first kappa shape index (κ1) is 19.7. The summed E-state index contributed by atoms with van der Waals surface area (Å²) in [6.07, 6.45) is 6.36. The van der Waals surface area contributed by atoms with Gasteiger partial charge in [-0.3, -0.25) is 14.4 Å². The van der Waals surface area contributed by atoms with Crippen LogP contribution in [-0.4, -0.2) is 54.4 Å². The van der Waals surface area contributed by atoms with Gasteiger partial charge in [-0.1, -0.05) is 0 Å². The predicted molar refractivity (Wildman–Crippen MR) is 108 cm³/mol. The van der Waals surface area contributed by atoms with Gasteiger partial charge in [0, 0.05) is 44.0 Å². The molecule has 2 saturated heterocycles. The highest BCUT2D eigenvalue weighted by Crippen LogP contribution is 2.32. The lowest BCUT2D eigenvalue weighted by Crippen LogP contribution is -2.45. The number of likely N-dealkylation sites (tertiary alicyclic amines) is 1. The zero-order valence-electron chi connectivity index (χ0n) is 16.7. The molecule has 2 heterocycles. The van der Waals surface area contributed by atoms with Crippen LogP contribution < -0.4 is 15.4 Å². The maximum absolute atomic E-state index is 12.5. The molecule has 3 fully saturated rings. The zero-order chi connectivity index (χ0) is 20.2. The molecule has 7 heteroatoms. The fourth-order valence-electron chi connectivity index (χ4n) is 3.98. The number of amides is 3. The van der Waals surface area contributed by atoms with E-state index < -0.39 is 6.04 Å². The number of ether oxygens (including phenoxy) is 1. The van der Waals surface area contributed by atoms with Crippen LogP contribution in [0.15, 0.2) is 24.3 Å². The molecular weight excluding hydrogens is 370 g/mol. The molecule has 4 rings (SSSR count). The van der Waals surface area contributed by atoms with Gasteiger partial charge in [-0.15, -0.1) is 0 Å². The number of nitrogens with one attached hydrogen (secondary N) is 2. The van der Waals surface area contributed by atoms with Crippen molar-refractivity contribution >= 4 is 17.7 Å². The van der Waals surface area contributed by atoms with Crippen molar-refractivity contribution in [3.05, 3.63) is 29.8 Å². The number of carbonyl (C=O) groups excluding carboxylic acids is 3. The van der Waals surface area contributed by atoms with Crippen LogP contribution >= 0.6 is 0 Å². The Bertz CT molecular complexity index is 752. The average molecular weight is 399 g/mol. The first-order valence-electron chi connectivity index (χ1n) is 10.7. The van der Waals surface area contributed by atoms with Gasteiger partial charge in [-0.25, -0.2) is 0 Å². The highest BCUT2D eigenvalue weighted by atomic mass is 16.5. The molecular formula is C22H29N3O4. The van der Waals surface area contributed by atoms with Crippen LogP contribution in [0.25, 0.3) is 0 Å². The molecule has 29 heavy (non-hydrogen) atoms.